The monoisotopic (exact) mass is 153 g/mol. The molecule has 0 fully saturated rings. The summed E-state index contributed by atoms with van der Waals surface area (Å²) in [7, 11) is 0. The summed E-state index contributed by atoms with van der Waals surface area (Å²) < 4.78 is 1.81. The molecular formula is C6H7N3S. The average molecular weight is 153 g/mol. The molecule has 0 aliphatic rings. The Bertz CT molecular complexity index is 297. The van der Waals surface area contributed by atoms with Crippen LogP contribution >= 0.6 is 11.3 Å². The Balaban J connectivity index is 2.83. The average Bonchev–Trinajstić information content (AvgIpc) is 2.21. The molecule has 52 valence electrons. The summed E-state index contributed by atoms with van der Waals surface area (Å²) in [5.74, 6) is 0.839. The lowest BCUT2D eigenvalue weighted by atomic mass is 10.6. The number of nitrogens with zero attached hydrogens (tertiary/aromatic N) is 3. The smallest absolute Gasteiger partial charge is 0.211 e. The van der Waals surface area contributed by atoms with Crippen molar-refractivity contribution in [2.75, 3.05) is 0 Å². The summed E-state index contributed by atoms with van der Waals surface area (Å²) in [5.41, 5.74) is 0. The van der Waals surface area contributed by atoms with E-state index in [9.17, 15) is 0 Å². The predicted molar refractivity (Wildman–Crippen MR) is 40.3 cm³/mol. The molecule has 2 aromatic heterocycles. The first kappa shape index (κ1) is 5.85. The van der Waals surface area contributed by atoms with Gasteiger partial charge in [0.15, 0.2) is 0 Å². The quantitative estimate of drug-likeness (QED) is 0.572. The van der Waals surface area contributed by atoms with E-state index < -0.39 is 0 Å². The number of aromatic nitrogens is 3. The van der Waals surface area contributed by atoms with Gasteiger partial charge in [0.25, 0.3) is 0 Å². The first-order chi connectivity index (χ1) is 4.75. The Labute approximate surface area is 62.3 Å². The van der Waals surface area contributed by atoms with E-state index in [4.69, 9.17) is 0 Å². The Morgan fingerprint density at radius 3 is 3.00 bits per heavy atom. The van der Waals surface area contributed by atoms with Crippen LogP contribution < -0.4 is 0 Å². The fourth-order valence-corrected chi connectivity index (χ4v) is 1.71. The third kappa shape index (κ3) is 0.724. The van der Waals surface area contributed by atoms with Crippen molar-refractivity contribution in [2.45, 2.75) is 13.8 Å². The van der Waals surface area contributed by atoms with E-state index >= 15 is 0 Å². The number of hydrogen-bond acceptors (Lipinski definition) is 3. The Hall–Kier alpha value is -0.900. The van der Waals surface area contributed by atoms with Crippen LogP contribution in [0.3, 0.4) is 0 Å². The van der Waals surface area contributed by atoms with Gasteiger partial charge in [0.05, 0.1) is 0 Å². The van der Waals surface area contributed by atoms with Crippen LogP contribution in [0.15, 0.2) is 6.20 Å². The maximum Gasteiger partial charge on any atom is 0.212 e. The van der Waals surface area contributed by atoms with Gasteiger partial charge in [-0.25, -0.2) is 9.50 Å². The van der Waals surface area contributed by atoms with Gasteiger partial charge in [-0.3, -0.25) is 0 Å². The molecule has 0 spiro atoms. The molecule has 0 saturated carbocycles. The molecule has 0 aliphatic heterocycles. The zero-order chi connectivity index (χ0) is 7.14. The van der Waals surface area contributed by atoms with E-state index in [1.165, 1.54) is 4.88 Å². The molecule has 2 aromatic rings. The number of rotatable bonds is 0. The maximum absolute atomic E-state index is 4.20. The van der Waals surface area contributed by atoms with E-state index in [1.807, 2.05) is 17.6 Å². The number of hydrogen-bond donors (Lipinski definition) is 0. The number of fused-ring (bicyclic) bond motifs is 1. The Kier molecular flexibility index (Phi) is 1.05. The highest BCUT2D eigenvalue weighted by molar-refractivity contribution is 7.16. The molecule has 4 heteroatoms. The molecule has 0 bridgehead atoms. The van der Waals surface area contributed by atoms with E-state index in [-0.39, 0.29) is 0 Å². The summed E-state index contributed by atoms with van der Waals surface area (Å²) in [4.78, 5) is 6.43. The van der Waals surface area contributed by atoms with Crippen LogP contribution in [0.4, 0.5) is 0 Å². The van der Waals surface area contributed by atoms with Gasteiger partial charge in [0.2, 0.25) is 4.96 Å². The van der Waals surface area contributed by atoms with Gasteiger partial charge < -0.3 is 0 Å². The molecule has 0 saturated heterocycles. The molecule has 0 unspecified atom stereocenters. The number of aryl methyl sites for hydroxylation is 2. The van der Waals surface area contributed by atoms with Gasteiger partial charge in [-0.15, -0.1) is 11.3 Å². The van der Waals surface area contributed by atoms with Crippen LogP contribution in [-0.2, 0) is 0 Å². The molecule has 0 radical (unpaired) electrons. The number of thiazole rings is 1. The van der Waals surface area contributed by atoms with Crippen molar-refractivity contribution < 1.29 is 0 Å². The molecule has 0 amide bonds. The minimum atomic E-state index is 0.839. The molecule has 0 aliphatic carbocycles. The minimum Gasteiger partial charge on any atom is -0.211 e. The normalized spacial score (nSPS) is 11.0. The summed E-state index contributed by atoms with van der Waals surface area (Å²) in [6.07, 6.45) is 1.99. The largest absolute Gasteiger partial charge is 0.212 e. The summed E-state index contributed by atoms with van der Waals surface area (Å²) >= 11 is 1.66. The minimum absolute atomic E-state index is 0.839. The first-order valence-electron chi connectivity index (χ1n) is 3.05. The molecular weight excluding hydrogens is 146 g/mol. The molecule has 0 atom stereocenters. The highest BCUT2D eigenvalue weighted by Crippen LogP contribution is 2.13. The van der Waals surface area contributed by atoms with Crippen molar-refractivity contribution >= 4 is 16.3 Å². The lowest BCUT2D eigenvalue weighted by Crippen LogP contribution is -1.79. The van der Waals surface area contributed by atoms with Crippen LogP contribution in [0.2, 0.25) is 0 Å². The van der Waals surface area contributed by atoms with Crippen molar-refractivity contribution in [3.8, 4) is 0 Å². The fraction of sp³-hybridized carbons (Fsp3) is 0.333. The Morgan fingerprint density at radius 1 is 1.50 bits per heavy atom. The van der Waals surface area contributed by atoms with Gasteiger partial charge >= 0.3 is 0 Å². The van der Waals surface area contributed by atoms with Crippen molar-refractivity contribution in [1.29, 1.82) is 0 Å². The van der Waals surface area contributed by atoms with Gasteiger partial charge in [-0.05, 0) is 13.8 Å². The molecule has 3 nitrogen and oxygen atoms in total. The van der Waals surface area contributed by atoms with Crippen LogP contribution in [-0.4, -0.2) is 14.6 Å². The van der Waals surface area contributed by atoms with Crippen LogP contribution in [0.5, 0.6) is 0 Å². The second-order valence-corrected chi connectivity index (χ2v) is 3.44. The highest BCUT2D eigenvalue weighted by Gasteiger charge is 2.00. The van der Waals surface area contributed by atoms with E-state index in [0.717, 1.165) is 10.8 Å². The third-order valence-corrected chi connectivity index (χ3v) is 2.15. The lowest BCUT2D eigenvalue weighted by molar-refractivity contribution is 0.937. The zero-order valence-corrected chi connectivity index (χ0v) is 6.64. The third-order valence-electron chi connectivity index (χ3n) is 1.26. The van der Waals surface area contributed by atoms with E-state index in [2.05, 4.69) is 17.0 Å². The van der Waals surface area contributed by atoms with Crippen LogP contribution in [0.1, 0.15) is 10.7 Å². The van der Waals surface area contributed by atoms with Crippen molar-refractivity contribution in [2.24, 2.45) is 0 Å². The van der Waals surface area contributed by atoms with Crippen LogP contribution in [0.25, 0.3) is 4.96 Å². The van der Waals surface area contributed by atoms with Gasteiger partial charge in [0.1, 0.15) is 5.82 Å². The summed E-state index contributed by atoms with van der Waals surface area (Å²) in [6, 6.07) is 0. The van der Waals surface area contributed by atoms with Crippen molar-refractivity contribution in [3.63, 3.8) is 0 Å². The predicted octanol–water partition coefficient (Wildman–Crippen LogP) is 1.41. The Morgan fingerprint density at radius 2 is 2.30 bits per heavy atom. The second-order valence-electron chi connectivity index (χ2n) is 2.23. The summed E-state index contributed by atoms with van der Waals surface area (Å²) in [5, 5.41) is 4.15. The highest BCUT2D eigenvalue weighted by atomic mass is 32.1. The standard InChI is InChI=1S/C6H7N3S/c1-4-3-9-6(10-4)7-5(2)8-9/h3H,1-2H3. The summed E-state index contributed by atoms with van der Waals surface area (Å²) in [6.45, 7) is 3.95. The van der Waals surface area contributed by atoms with E-state index in [0.29, 0.717) is 0 Å². The van der Waals surface area contributed by atoms with Crippen molar-refractivity contribution in [1.82, 2.24) is 14.6 Å². The molecule has 0 N–H and O–H groups in total. The van der Waals surface area contributed by atoms with Crippen molar-refractivity contribution in [3.05, 3.63) is 16.9 Å². The SMILES string of the molecule is Cc1nc2sc(C)cn2n1. The zero-order valence-electron chi connectivity index (χ0n) is 5.83. The second kappa shape index (κ2) is 1.79. The molecule has 2 rings (SSSR count). The molecule has 10 heavy (non-hydrogen) atoms. The van der Waals surface area contributed by atoms with Gasteiger partial charge in [-0.2, -0.15) is 5.10 Å². The molecule has 2 heterocycles. The van der Waals surface area contributed by atoms with E-state index in [1.54, 1.807) is 11.3 Å². The maximum atomic E-state index is 4.20. The molecule has 0 aromatic carbocycles. The topological polar surface area (TPSA) is 30.2 Å². The fourth-order valence-electron chi connectivity index (χ4n) is 0.907. The van der Waals surface area contributed by atoms with Crippen LogP contribution in [0, 0.1) is 13.8 Å². The van der Waals surface area contributed by atoms with Gasteiger partial charge in [0, 0.05) is 11.1 Å². The lowest BCUT2D eigenvalue weighted by Gasteiger charge is -1.74. The first-order valence-corrected chi connectivity index (χ1v) is 3.87. The van der Waals surface area contributed by atoms with Gasteiger partial charge in [-0.1, -0.05) is 0 Å².